The number of hydrogen-bond acceptors (Lipinski definition) is 5. The Hall–Kier alpha value is -2.67. The smallest absolute Gasteiger partial charge is 0.230 e. The van der Waals surface area contributed by atoms with E-state index in [9.17, 15) is 4.79 Å². The second kappa shape index (κ2) is 8.14. The van der Waals surface area contributed by atoms with Crippen LogP contribution >= 0.6 is 11.8 Å². The van der Waals surface area contributed by atoms with Gasteiger partial charge in [-0.3, -0.25) is 4.79 Å². The number of aryl methyl sites for hydroxylation is 3. The zero-order valence-corrected chi connectivity index (χ0v) is 15.9. The van der Waals surface area contributed by atoms with E-state index in [4.69, 9.17) is 0 Å². The van der Waals surface area contributed by atoms with Gasteiger partial charge in [-0.2, -0.15) is 4.68 Å². The van der Waals surface area contributed by atoms with E-state index in [1.165, 1.54) is 28.5 Å². The van der Waals surface area contributed by atoms with Crippen LogP contribution in [0, 0.1) is 20.8 Å². The topological polar surface area (TPSA) is 72.7 Å². The highest BCUT2D eigenvalue weighted by Gasteiger charge is 2.12. The molecule has 0 saturated heterocycles. The molecule has 0 saturated carbocycles. The number of carbonyl (C=O) groups is 1. The monoisotopic (exact) mass is 367 g/mol. The van der Waals surface area contributed by atoms with E-state index in [0.717, 1.165) is 11.3 Å². The number of tetrazole rings is 1. The van der Waals surface area contributed by atoms with Crippen molar-refractivity contribution in [3.63, 3.8) is 0 Å². The molecule has 1 heterocycles. The minimum Gasteiger partial charge on any atom is -0.351 e. The fraction of sp³-hybridized carbons (Fsp3) is 0.263. The van der Waals surface area contributed by atoms with Gasteiger partial charge < -0.3 is 5.32 Å². The molecule has 0 aliphatic rings. The zero-order chi connectivity index (χ0) is 18.5. The summed E-state index contributed by atoms with van der Waals surface area (Å²) in [4.78, 5) is 12.2. The van der Waals surface area contributed by atoms with Crippen molar-refractivity contribution in [3.8, 4) is 5.69 Å². The fourth-order valence-corrected chi connectivity index (χ4v) is 3.19. The van der Waals surface area contributed by atoms with Crippen LogP contribution in [-0.4, -0.2) is 31.9 Å². The van der Waals surface area contributed by atoms with Gasteiger partial charge in [0.2, 0.25) is 11.1 Å². The average Bonchev–Trinajstić information content (AvgIpc) is 3.10. The third-order valence-electron chi connectivity index (χ3n) is 4.25. The quantitative estimate of drug-likeness (QED) is 0.678. The molecule has 6 nitrogen and oxygen atoms in total. The lowest BCUT2D eigenvalue weighted by Gasteiger charge is -2.08. The summed E-state index contributed by atoms with van der Waals surface area (Å²) >= 11 is 1.32. The van der Waals surface area contributed by atoms with Crippen molar-refractivity contribution in [2.45, 2.75) is 32.5 Å². The lowest BCUT2D eigenvalue weighted by Crippen LogP contribution is -2.25. The highest BCUT2D eigenvalue weighted by molar-refractivity contribution is 7.99. The number of rotatable bonds is 6. The lowest BCUT2D eigenvalue weighted by atomic mass is 10.1. The number of benzene rings is 2. The van der Waals surface area contributed by atoms with Crippen LogP contribution in [0.2, 0.25) is 0 Å². The predicted octanol–water partition coefficient (Wildman–Crippen LogP) is 3.00. The number of aromatic nitrogens is 4. The van der Waals surface area contributed by atoms with Crippen molar-refractivity contribution < 1.29 is 4.79 Å². The van der Waals surface area contributed by atoms with Gasteiger partial charge in [0.15, 0.2) is 0 Å². The molecule has 1 aromatic heterocycles. The summed E-state index contributed by atoms with van der Waals surface area (Å²) in [6.45, 7) is 6.67. The molecule has 0 aliphatic heterocycles. The summed E-state index contributed by atoms with van der Waals surface area (Å²) in [7, 11) is 0. The van der Waals surface area contributed by atoms with E-state index in [1.807, 2.05) is 49.4 Å². The van der Waals surface area contributed by atoms with Crippen molar-refractivity contribution in [1.29, 1.82) is 0 Å². The Morgan fingerprint density at radius 1 is 1.08 bits per heavy atom. The van der Waals surface area contributed by atoms with Gasteiger partial charge >= 0.3 is 0 Å². The molecule has 0 fully saturated rings. The van der Waals surface area contributed by atoms with Crippen LogP contribution in [0.25, 0.3) is 5.69 Å². The van der Waals surface area contributed by atoms with E-state index in [1.54, 1.807) is 4.68 Å². The van der Waals surface area contributed by atoms with Crippen LogP contribution in [0.5, 0.6) is 0 Å². The molecule has 0 aliphatic carbocycles. The lowest BCUT2D eigenvalue weighted by molar-refractivity contribution is -0.118. The molecule has 0 radical (unpaired) electrons. The van der Waals surface area contributed by atoms with Gasteiger partial charge in [0.1, 0.15) is 0 Å². The van der Waals surface area contributed by atoms with Crippen molar-refractivity contribution in [1.82, 2.24) is 25.5 Å². The van der Waals surface area contributed by atoms with Gasteiger partial charge in [-0.25, -0.2) is 0 Å². The number of nitrogens with one attached hydrogen (secondary N) is 1. The van der Waals surface area contributed by atoms with Crippen LogP contribution in [-0.2, 0) is 11.3 Å². The van der Waals surface area contributed by atoms with E-state index in [0.29, 0.717) is 11.7 Å². The van der Waals surface area contributed by atoms with E-state index < -0.39 is 0 Å². The first-order chi connectivity index (χ1) is 12.5. The van der Waals surface area contributed by atoms with Gasteiger partial charge in [-0.15, -0.1) is 5.10 Å². The van der Waals surface area contributed by atoms with E-state index >= 15 is 0 Å². The van der Waals surface area contributed by atoms with Gasteiger partial charge in [0, 0.05) is 6.54 Å². The van der Waals surface area contributed by atoms with Crippen molar-refractivity contribution in [2.75, 3.05) is 5.75 Å². The number of nitrogens with zero attached hydrogens (tertiary/aromatic N) is 4. The predicted molar refractivity (Wildman–Crippen MR) is 102 cm³/mol. The summed E-state index contributed by atoms with van der Waals surface area (Å²) in [6.07, 6.45) is 0. The van der Waals surface area contributed by atoms with E-state index in [2.05, 4.69) is 34.7 Å². The Balaban J connectivity index is 1.60. The second-order valence-corrected chi connectivity index (χ2v) is 7.08. The van der Waals surface area contributed by atoms with Crippen LogP contribution in [0.1, 0.15) is 22.3 Å². The van der Waals surface area contributed by atoms with Crippen LogP contribution < -0.4 is 5.32 Å². The molecule has 0 spiro atoms. The Kier molecular flexibility index (Phi) is 5.68. The molecular formula is C19H21N5OS. The Morgan fingerprint density at radius 3 is 2.65 bits per heavy atom. The third-order valence-corrected chi connectivity index (χ3v) is 5.16. The molecule has 26 heavy (non-hydrogen) atoms. The molecule has 0 atom stereocenters. The molecule has 1 amide bonds. The summed E-state index contributed by atoms with van der Waals surface area (Å²) in [5.41, 5.74) is 5.56. The largest absolute Gasteiger partial charge is 0.351 e. The molecule has 3 aromatic rings. The van der Waals surface area contributed by atoms with Gasteiger partial charge in [0.25, 0.3) is 0 Å². The van der Waals surface area contributed by atoms with Gasteiger partial charge in [-0.1, -0.05) is 42.1 Å². The summed E-state index contributed by atoms with van der Waals surface area (Å²) in [5.74, 6) is 0.213. The standard InChI is InChI=1S/C19H21N5OS/c1-13-8-9-17(10-15(13)3)24-19(21-22-23-24)26-12-18(25)20-11-16-7-5-4-6-14(16)2/h4-10H,11-12H2,1-3H3,(H,20,25). The van der Waals surface area contributed by atoms with Crippen LogP contribution in [0.15, 0.2) is 47.6 Å². The highest BCUT2D eigenvalue weighted by atomic mass is 32.2. The number of amides is 1. The van der Waals surface area contributed by atoms with Crippen molar-refractivity contribution in [2.24, 2.45) is 0 Å². The first kappa shape index (κ1) is 18.1. The molecule has 0 unspecified atom stereocenters. The van der Waals surface area contributed by atoms with E-state index in [-0.39, 0.29) is 11.7 Å². The maximum absolute atomic E-state index is 12.2. The minimum absolute atomic E-state index is 0.0483. The normalized spacial score (nSPS) is 10.7. The minimum atomic E-state index is -0.0483. The summed E-state index contributed by atoms with van der Waals surface area (Å²) < 4.78 is 1.66. The molecule has 0 bridgehead atoms. The third kappa shape index (κ3) is 4.29. The second-order valence-electron chi connectivity index (χ2n) is 6.13. The Labute approximate surface area is 157 Å². The number of hydrogen-bond donors (Lipinski definition) is 1. The van der Waals surface area contributed by atoms with Gasteiger partial charge in [-0.05, 0) is 65.6 Å². The molecule has 1 N–H and O–H groups in total. The first-order valence-electron chi connectivity index (χ1n) is 8.34. The maximum Gasteiger partial charge on any atom is 0.230 e. The van der Waals surface area contributed by atoms with Crippen molar-refractivity contribution in [3.05, 3.63) is 64.7 Å². The first-order valence-corrected chi connectivity index (χ1v) is 9.33. The highest BCUT2D eigenvalue weighted by Crippen LogP contribution is 2.20. The number of carbonyl (C=O) groups excluding carboxylic acids is 1. The molecule has 134 valence electrons. The molecule has 2 aromatic carbocycles. The molecule has 3 rings (SSSR count). The maximum atomic E-state index is 12.2. The van der Waals surface area contributed by atoms with Crippen LogP contribution in [0.3, 0.4) is 0 Å². The van der Waals surface area contributed by atoms with Crippen molar-refractivity contribution >= 4 is 17.7 Å². The SMILES string of the molecule is Cc1ccc(-n2nnnc2SCC(=O)NCc2ccccc2C)cc1C. The number of thioether (sulfide) groups is 1. The molecule has 7 heteroatoms. The average molecular weight is 367 g/mol. The Morgan fingerprint density at radius 2 is 1.88 bits per heavy atom. The zero-order valence-electron chi connectivity index (χ0n) is 15.1. The summed E-state index contributed by atoms with van der Waals surface area (Å²) in [6, 6.07) is 14.1. The Bertz CT molecular complexity index is 922. The van der Waals surface area contributed by atoms with Crippen LogP contribution in [0.4, 0.5) is 0 Å². The fourth-order valence-electron chi connectivity index (χ4n) is 2.47. The van der Waals surface area contributed by atoms with Gasteiger partial charge in [0.05, 0.1) is 11.4 Å². The molecular weight excluding hydrogens is 346 g/mol. The summed E-state index contributed by atoms with van der Waals surface area (Å²) in [5, 5.41) is 15.4.